The molecule has 0 fully saturated rings. The summed E-state index contributed by atoms with van der Waals surface area (Å²) in [6.07, 6.45) is 1.61. The Morgan fingerprint density at radius 1 is 0.587 bits per heavy atom. The average molecular weight is 598 g/mol. The molecule has 2 aliphatic carbocycles. The lowest BCUT2D eigenvalue weighted by Gasteiger charge is -2.28. The molecule has 3 heteroatoms. The van der Waals surface area contributed by atoms with Gasteiger partial charge in [0, 0.05) is 23.6 Å². The van der Waals surface area contributed by atoms with Crippen molar-refractivity contribution < 1.29 is 0 Å². The van der Waals surface area contributed by atoms with E-state index in [1.807, 2.05) is 11.2 Å². The number of fused-ring (bicyclic) bond motifs is 7. The van der Waals surface area contributed by atoms with E-state index in [0.717, 1.165) is 11.1 Å². The first kappa shape index (κ1) is 28.6. The van der Waals surface area contributed by atoms with E-state index in [9.17, 15) is 0 Å². The number of hydrogen-bond donors (Lipinski definition) is 1. The maximum absolute atomic E-state index is 7.05. The van der Waals surface area contributed by atoms with Crippen molar-refractivity contribution in [1.82, 2.24) is 5.01 Å². The van der Waals surface area contributed by atoms with Gasteiger partial charge in [-0.2, -0.15) is 0 Å². The third-order valence-corrected chi connectivity index (χ3v) is 10.4. The fraction of sp³-hybridized carbons (Fsp3) is 0.186. The molecule has 46 heavy (non-hydrogen) atoms. The predicted octanol–water partition coefficient (Wildman–Crippen LogP) is 9.95. The molecule has 1 atom stereocenters. The van der Waals surface area contributed by atoms with Gasteiger partial charge in [-0.25, -0.2) is 5.01 Å². The fourth-order valence-electron chi connectivity index (χ4n) is 7.84. The molecule has 0 bridgehead atoms. The fourth-order valence-corrected chi connectivity index (χ4v) is 7.84. The monoisotopic (exact) mass is 597 g/mol. The van der Waals surface area contributed by atoms with Crippen molar-refractivity contribution in [3.63, 3.8) is 0 Å². The van der Waals surface area contributed by atoms with Crippen LogP contribution in [0.5, 0.6) is 0 Å². The molecule has 0 aromatic heterocycles. The molecule has 6 aromatic rings. The first-order chi connectivity index (χ1) is 22.2. The van der Waals surface area contributed by atoms with Crippen molar-refractivity contribution >= 4 is 17.0 Å². The zero-order chi connectivity index (χ0) is 31.6. The van der Waals surface area contributed by atoms with E-state index >= 15 is 0 Å². The van der Waals surface area contributed by atoms with Gasteiger partial charge in [0.2, 0.25) is 0 Å². The third-order valence-electron chi connectivity index (χ3n) is 10.4. The first-order valence-corrected chi connectivity index (χ1v) is 16.2. The first-order valence-electron chi connectivity index (χ1n) is 16.2. The SMILES string of the molecule is CC1(C)c2ccccc2-c2ccc(CN(N)C(/N=C/c3ccc4ccccc4c3)c3ccc4c(c3)C(C)(C)c3ccccc3-4)cc21. The van der Waals surface area contributed by atoms with Gasteiger partial charge in [0.05, 0.1) is 0 Å². The van der Waals surface area contributed by atoms with Crippen LogP contribution in [0.1, 0.15) is 72.8 Å². The summed E-state index contributed by atoms with van der Waals surface area (Å²) in [5, 5.41) is 4.32. The van der Waals surface area contributed by atoms with Crippen LogP contribution in [-0.4, -0.2) is 11.2 Å². The van der Waals surface area contributed by atoms with Crippen LogP contribution in [0.2, 0.25) is 0 Å². The van der Waals surface area contributed by atoms with Gasteiger partial charge in [0.15, 0.2) is 0 Å². The molecule has 6 aromatic carbocycles. The Hall–Kier alpha value is -4.83. The van der Waals surface area contributed by atoms with Crippen molar-refractivity contribution in [1.29, 1.82) is 0 Å². The van der Waals surface area contributed by atoms with Crippen LogP contribution in [-0.2, 0) is 17.4 Å². The second-order valence-corrected chi connectivity index (χ2v) is 14.0. The molecule has 8 rings (SSSR count). The minimum atomic E-state index is -0.366. The molecule has 0 radical (unpaired) electrons. The summed E-state index contributed by atoms with van der Waals surface area (Å²) in [5.74, 6) is 7.05. The largest absolute Gasteiger partial charge is 0.267 e. The van der Waals surface area contributed by atoms with Crippen LogP contribution in [0.15, 0.2) is 132 Å². The summed E-state index contributed by atoms with van der Waals surface area (Å²) in [4.78, 5) is 5.20. The highest BCUT2D eigenvalue weighted by Crippen LogP contribution is 2.50. The summed E-state index contributed by atoms with van der Waals surface area (Å²) >= 11 is 0. The average Bonchev–Trinajstić information content (AvgIpc) is 3.44. The lowest BCUT2D eigenvalue weighted by atomic mass is 9.82. The predicted molar refractivity (Wildman–Crippen MR) is 192 cm³/mol. The molecule has 0 amide bonds. The van der Waals surface area contributed by atoms with Crippen molar-refractivity contribution in [2.24, 2.45) is 10.8 Å². The molecule has 1 unspecified atom stereocenters. The Balaban J connectivity index is 1.17. The lowest BCUT2D eigenvalue weighted by Crippen LogP contribution is -2.34. The summed E-state index contributed by atoms with van der Waals surface area (Å²) in [5.41, 5.74) is 13.9. The van der Waals surface area contributed by atoms with E-state index in [4.69, 9.17) is 10.8 Å². The van der Waals surface area contributed by atoms with Gasteiger partial charge in [0.1, 0.15) is 6.17 Å². The number of hydrazine groups is 1. The second-order valence-electron chi connectivity index (χ2n) is 14.0. The summed E-state index contributed by atoms with van der Waals surface area (Å²) in [7, 11) is 0. The van der Waals surface area contributed by atoms with Gasteiger partial charge >= 0.3 is 0 Å². The molecule has 2 N–H and O–H groups in total. The minimum absolute atomic E-state index is 0.0599. The normalized spacial score (nSPS) is 16.0. The zero-order valence-electron chi connectivity index (χ0n) is 27.0. The maximum atomic E-state index is 7.05. The van der Waals surface area contributed by atoms with E-state index in [1.54, 1.807) is 0 Å². The van der Waals surface area contributed by atoms with Crippen molar-refractivity contribution in [3.05, 3.63) is 166 Å². The highest BCUT2D eigenvalue weighted by atomic mass is 15.5. The third kappa shape index (κ3) is 4.54. The molecule has 0 spiro atoms. The highest BCUT2D eigenvalue weighted by Gasteiger charge is 2.37. The topological polar surface area (TPSA) is 41.6 Å². The summed E-state index contributed by atoms with van der Waals surface area (Å²) < 4.78 is 0. The van der Waals surface area contributed by atoms with Crippen LogP contribution < -0.4 is 5.84 Å². The molecule has 0 saturated carbocycles. The van der Waals surface area contributed by atoms with Gasteiger partial charge in [-0.15, -0.1) is 0 Å². The number of nitrogens with two attached hydrogens (primary N) is 1. The molecular weight excluding hydrogens is 558 g/mol. The molecule has 2 aliphatic rings. The van der Waals surface area contributed by atoms with E-state index in [1.165, 1.54) is 60.8 Å². The molecule has 0 aliphatic heterocycles. The molecule has 0 heterocycles. The molecular formula is C43H39N3. The van der Waals surface area contributed by atoms with Gasteiger partial charge < -0.3 is 0 Å². The Morgan fingerprint density at radius 3 is 1.85 bits per heavy atom. The number of benzene rings is 6. The maximum Gasteiger partial charge on any atom is 0.140 e. The number of aliphatic imine (C=N–C) groups is 1. The molecule has 3 nitrogen and oxygen atoms in total. The van der Waals surface area contributed by atoms with Crippen LogP contribution in [0.3, 0.4) is 0 Å². The van der Waals surface area contributed by atoms with Crippen molar-refractivity contribution in [2.45, 2.75) is 51.2 Å². The zero-order valence-corrected chi connectivity index (χ0v) is 27.0. The van der Waals surface area contributed by atoms with E-state index in [-0.39, 0.29) is 17.0 Å². The summed E-state index contributed by atoms with van der Waals surface area (Å²) in [6.45, 7) is 9.85. The molecule has 0 saturated heterocycles. The van der Waals surface area contributed by atoms with Crippen LogP contribution >= 0.6 is 0 Å². The summed E-state index contributed by atoms with van der Waals surface area (Å²) in [6, 6.07) is 46.1. The van der Waals surface area contributed by atoms with Crippen molar-refractivity contribution in [2.75, 3.05) is 0 Å². The minimum Gasteiger partial charge on any atom is -0.267 e. The van der Waals surface area contributed by atoms with Crippen LogP contribution in [0.4, 0.5) is 0 Å². The quantitative estimate of drug-likeness (QED) is 0.118. The second kappa shape index (κ2) is 10.6. The van der Waals surface area contributed by atoms with E-state index in [2.05, 4.69) is 155 Å². The van der Waals surface area contributed by atoms with Crippen molar-refractivity contribution in [3.8, 4) is 22.3 Å². The highest BCUT2D eigenvalue weighted by molar-refractivity contribution is 5.90. The van der Waals surface area contributed by atoms with Gasteiger partial charge in [-0.3, -0.25) is 10.8 Å². The Bertz CT molecular complexity index is 2170. The number of hydrogen-bond acceptors (Lipinski definition) is 3. The van der Waals surface area contributed by atoms with Gasteiger partial charge in [-0.05, 0) is 78.0 Å². The Labute approximate surface area is 272 Å². The van der Waals surface area contributed by atoms with E-state index in [0.29, 0.717) is 6.54 Å². The Kier molecular flexibility index (Phi) is 6.61. The van der Waals surface area contributed by atoms with Gasteiger partial charge in [0.25, 0.3) is 0 Å². The van der Waals surface area contributed by atoms with E-state index < -0.39 is 0 Å². The standard InChI is InChI=1S/C43H39N3/c1-42(2)37-15-9-7-13-33(37)35-21-18-29(24-39(35)42)27-46(44)41(45-26-28-17-19-30-11-5-6-12-31(30)23-28)32-20-22-36-34-14-8-10-16-38(34)43(3,4)40(36)25-32/h5-26,41H,27,44H2,1-4H3/b45-26+. The van der Waals surface area contributed by atoms with Gasteiger partial charge in [-0.1, -0.05) is 149 Å². The molecule has 226 valence electrons. The smallest absolute Gasteiger partial charge is 0.140 e. The van der Waals surface area contributed by atoms with Crippen LogP contribution in [0.25, 0.3) is 33.0 Å². The Morgan fingerprint density at radius 2 is 1.15 bits per heavy atom. The lowest BCUT2D eigenvalue weighted by molar-refractivity contribution is 0.199. The number of rotatable bonds is 6. The number of nitrogens with zero attached hydrogens (tertiary/aromatic N) is 2. The van der Waals surface area contributed by atoms with Crippen LogP contribution in [0, 0.1) is 0 Å².